The van der Waals surface area contributed by atoms with E-state index in [4.69, 9.17) is 16.7 Å². The number of hydrogen-bond acceptors (Lipinski definition) is 3. The largest absolute Gasteiger partial charge is 0.481 e. The molecule has 0 bridgehead atoms. The third-order valence-corrected chi connectivity index (χ3v) is 4.67. The summed E-state index contributed by atoms with van der Waals surface area (Å²) in [5, 5.41) is 9.39. The van der Waals surface area contributed by atoms with E-state index in [2.05, 4.69) is 0 Å². The molecule has 1 amide bonds. The Morgan fingerprint density at radius 3 is 2.60 bits per heavy atom. The quantitative estimate of drug-likeness (QED) is 0.868. The molecule has 1 N–H and O–H groups in total. The van der Waals surface area contributed by atoms with Crippen molar-refractivity contribution >= 4 is 35.2 Å². The van der Waals surface area contributed by atoms with Gasteiger partial charge in [-0.25, -0.2) is 0 Å². The lowest BCUT2D eigenvalue weighted by Crippen LogP contribution is -2.35. The van der Waals surface area contributed by atoms with Gasteiger partial charge in [0.1, 0.15) is 0 Å². The first-order chi connectivity index (χ1) is 9.47. The average Bonchev–Trinajstić information content (AvgIpc) is 2.90. The van der Waals surface area contributed by atoms with Crippen molar-refractivity contribution in [2.45, 2.75) is 23.5 Å². The normalized spacial score (nSPS) is 19.9. The van der Waals surface area contributed by atoms with Crippen LogP contribution < -0.4 is 0 Å². The highest BCUT2D eigenvalue weighted by atomic mass is 35.5. The summed E-state index contributed by atoms with van der Waals surface area (Å²) in [6.45, 7) is 2.69. The van der Waals surface area contributed by atoms with Gasteiger partial charge in [-0.15, -0.1) is 11.8 Å². The number of hydrogen-bond donors (Lipinski definition) is 1. The van der Waals surface area contributed by atoms with E-state index >= 15 is 0 Å². The SMILES string of the molecule is CC(Sc1ccc(Cl)cc1)C(=O)N1CCC(C(=O)O)C1. The zero-order chi connectivity index (χ0) is 14.7. The molecule has 108 valence electrons. The molecule has 0 radical (unpaired) electrons. The summed E-state index contributed by atoms with van der Waals surface area (Å²) in [6, 6.07) is 7.33. The summed E-state index contributed by atoms with van der Waals surface area (Å²) in [5.41, 5.74) is 0. The molecule has 1 aliphatic heterocycles. The molecule has 0 saturated carbocycles. The van der Waals surface area contributed by atoms with E-state index in [0.29, 0.717) is 24.5 Å². The van der Waals surface area contributed by atoms with Crippen LogP contribution in [0, 0.1) is 5.92 Å². The van der Waals surface area contributed by atoms with E-state index in [9.17, 15) is 9.59 Å². The number of carbonyl (C=O) groups excluding carboxylic acids is 1. The summed E-state index contributed by atoms with van der Waals surface area (Å²) in [6.07, 6.45) is 0.541. The minimum absolute atomic E-state index is 0.00583. The van der Waals surface area contributed by atoms with Gasteiger partial charge in [-0.2, -0.15) is 0 Å². The lowest BCUT2D eigenvalue weighted by molar-refractivity contribution is -0.141. The van der Waals surface area contributed by atoms with Gasteiger partial charge in [-0.3, -0.25) is 9.59 Å². The topological polar surface area (TPSA) is 57.6 Å². The maximum absolute atomic E-state index is 12.3. The summed E-state index contributed by atoms with van der Waals surface area (Å²) >= 11 is 7.28. The van der Waals surface area contributed by atoms with E-state index in [1.807, 2.05) is 19.1 Å². The molecule has 1 aromatic carbocycles. The fraction of sp³-hybridized carbons (Fsp3) is 0.429. The highest BCUT2D eigenvalue weighted by molar-refractivity contribution is 8.00. The van der Waals surface area contributed by atoms with Gasteiger partial charge in [-0.1, -0.05) is 11.6 Å². The molecular formula is C14H16ClNO3S. The van der Waals surface area contributed by atoms with Crippen LogP contribution in [0.3, 0.4) is 0 Å². The molecule has 1 fully saturated rings. The Labute approximate surface area is 127 Å². The minimum atomic E-state index is -0.821. The van der Waals surface area contributed by atoms with Crippen LogP contribution in [0.15, 0.2) is 29.2 Å². The standard InChI is InChI=1S/C14H16ClNO3S/c1-9(20-12-4-2-11(15)3-5-12)13(17)16-7-6-10(8-16)14(18)19/h2-5,9-10H,6-8H2,1H3,(H,18,19). The maximum atomic E-state index is 12.3. The molecule has 1 aliphatic rings. The highest BCUT2D eigenvalue weighted by Gasteiger charge is 2.32. The smallest absolute Gasteiger partial charge is 0.308 e. The Kier molecular flexibility index (Phi) is 4.94. The van der Waals surface area contributed by atoms with Crippen molar-refractivity contribution in [3.63, 3.8) is 0 Å². The number of carboxylic acids is 1. The first kappa shape index (κ1) is 15.2. The molecule has 2 unspecified atom stereocenters. The van der Waals surface area contributed by atoms with Gasteiger partial charge in [0.05, 0.1) is 11.2 Å². The van der Waals surface area contributed by atoms with Crippen LogP contribution in [0.4, 0.5) is 0 Å². The molecule has 1 aromatic rings. The Bertz CT molecular complexity index is 506. The predicted molar refractivity (Wildman–Crippen MR) is 79.1 cm³/mol. The number of carbonyl (C=O) groups is 2. The summed E-state index contributed by atoms with van der Waals surface area (Å²) in [4.78, 5) is 25.8. The van der Waals surface area contributed by atoms with Crippen LogP contribution in [0.1, 0.15) is 13.3 Å². The zero-order valence-electron chi connectivity index (χ0n) is 11.1. The van der Waals surface area contributed by atoms with Crippen molar-refractivity contribution in [3.05, 3.63) is 29.3 Å². The molecule has 2 rings (SSSR count). The molecular weight excluding hydrogens is 298 g/mol. The number of carboxylic acid groups (broad SMARTS) is 1. The van der Waals surface area contributed by atoms with E-state index in [1.165, 1.54) is 11.8 Å². The number of nitrogens with zero attached hydrogens (tertiary/aromatic N) is 1. The van der Waals surface area contributed by atoms with Crippen molar-refractivity contribution < 1.29 is 14.7 Å². The molecule has 2 atom stereocenters. The lowest BCUT2D eigenvalue weighted by atomic mass is 10.1. The van der Waals surface area contributed by atoms with Crippen molar-refractivity contribution in [1.82, 2.24) is 4.90 Å². The third-order valence-electron chi connectivity index (χ3n) is 3.32. The first-order valence-electron chi connectivity index (χ1n) is 6.41. The van der Waals surface area contributed by atoms with Crippen LogP contribution in [-0.2, 0) is 9.59 Å². The fourth-order valence-electron chi connectivity index (χ4n) is 2.19. The minimum Gasteiger partial charge on any atom is -0.481 e. The Morgan fingerprint density at radius 2 is 2.05 bits per heavy atom. The average molecular weight is 314 g/mol. The number of thioether (sulfide) groups is 1. The molecule has 6 heteroatoms. The summed E-state index contributed by atoms with van der Waals surface area (Å²) < 4.78 is 0. The van der Waals surface area contributed by atoms with Crippen LogP contribution >= 0.6 is 23.4 Å². The van der Waals surface area contributed by atoms with Crippen LogP contribution in [0.5, 0.6) is 0 Å². The number of halogens is 1. The number of rotatable bonds is 4. The number of aliphatic carboxylic acids is 1. The first-order valence-corrected chi connectivity index (χ1v) is 7.67. The van der Waals surface area contributed by atoms with Crippen molar-refractivity contribution in [3.8, 4) is 0 Å². The van der Waals surface area contributed by atoms with Gasteiger partial charge in [-0.05, 0) is 37.6 Å². The summed E-state index contributed by atoms with van der Waals surface area (Å²) in [7, 11) is 0. The number of likely N-dealkylation sites (tertiary alicyclic amines) is 1. The van der Waals surface area contributed by atoms with Crippen molar-refractivity contribution in [2.75, 3.05) is 13.1 Å². The van der Waals surface area contributed by atoms with E-state index in [-0.39, 0.29) is 11.2 Å². The molecule has 0 aliphatic carbocycles. The molecule has 0 aromatic heterocycles. The van der Waals surface area contributed by atoms with E-state index < -0.39 is 11.9 Å². The molecule has 4 nitrogen and oxygen atoms in total. The lowest BCUT2D eigenvalue weighted by Gasteiger charge is -2.20. The summed E-state index contributed by atoms with van der Waals surface area (Å²) in [5.74, 6) is -1.25. The molecule has 1 saturated heterocycles. The van der Waals surface area contributed by atoms with Crippen LogP contribution in [0.25, 0.3) is 0 Å². The van der Waals surface area contributed by atoms with Gasteiger partial charge in [0.2, 0.25) is 5.91 Å². The van der Waals surface area contributed by atoms with Gasteiger partial charge >= 0.3 is 5.97 Å². The Balaban J connectivity index is 1.92. The van der Waals surface area contributed by atoms with Crippen molar-refractivity contribution in [2.24, 2.45) is 5.92 Å². The predicted octanol–water partition coefficient (Wildman–Crippen LogP) is 2.75. The fourth-order valence-corrected chi connectivity index (χ4v) is 3.26. The van der Waals surface area contributed by atoms with Gasteiger partial charge in [0, 0.05) is 23.0 Å². The molecule has 0 spiro atoms. The maximum Gasteiger partial charge on any atom is 0.308 e. The number of amides is 1. The molecule has 20 heavy (non-hydrogen) atoms. The van der Waals surface area contributed by atoms with Crippen LogP contribution in [-0.4, -0.2) is 40.2 Å². The zero-order valence-corrected chi connectivity index (χ0v) is 12.7. The van der Waals surface area contributed by atoms with Crippen molar-refractivity contribution in [1.29, 1.82) is 0 Å². The Morgan fingerprint density at radius 1 is 1.40 bits per heavy atom. The molecule has 1 heterocycles. The third kappa shape index (κ3) is 3.67. The Hall–Kier alpha value is -1.20. The van der Waals surface area contributed by atoms with Gasteiger partial charge < -0.3 is 10.0 Å². The second-order valence-electron chi connectivity index (χ2n) is 4.82. The number of benzene rings is 1. The van der Waals surface area contributed by atoms with Gasteiger partial charge in [0.25, 0.3) is 0 Å². The monoisotopic (exact) mass is 313 g/mol. The van der Waals surface area contributed by atoms with E-state index in [1.54, 1.807) is 17.0 Å². The second-order valence-corrected chi connectivity index (χ2v) is 6.67. The highest BCUT2D eigenvalue weighted by Crippen LogP contribution is 2.27. The van der Waals surface area contributed by atoms with Gasteiger partial charge in [0.15, 0.2) is 0 Å². The van der Waals surface area contributed by atoms with Crippen LogP contribution in [0.2, 0.25) is 5.02 Å². The van der Waals surface area contributed by atoms with E-state index in [0.717, 1.165) is 4.90 Å². The second kappa shape index (κ2) is 6.50.